The summed E-state index contributed by atoms with van der Waals surface area (Å²) in [6.07, 6.45) is 4.05. The summed E-state index contributed by atoms with van der Waals surface area (Å²) >= 11 is 3.31. The molecule has 1 heterocycles. The Kier molecular flexibility index (Phi) is 4.75. The Balaban J connectivity index is 1.58. The molecule has 3 rings (SSSR count). The van der Waals surface area contributed by atoms with E-state index >= 15 is 0 Å². The average Bonchev–Trinajstić information content (AvgIpc) is 2.78. The first-order valence-electron chi connectivity index (χ1n) is 7.85. The fourth-order valence-corrected chi connectivity index (χ4v) is 3.46. The summed E-state index contributed by atoms with van der Waals surface area (Å²) in [6.45, 7) is -0.291. The number of benzene rings is 1. The van der Waals surface area contributed by atoms with Crippen molar-refractivity contribution in [3.05, 3.63) is 28.7 Å². The van der Waals surface area contributed by atoms with Crippen molar-refractivity contribution < 1.29 is 19.1 Å². The number of urea groups is 1. The van der Waals surface area contributed by atoms with E-state index < -0.39 is 17.5 Å². The molecular formula is C16H18BrN3O4. The van der Waals surface area contributed by atoms with Gasteiger partial charge >= 0.3 is 6.03 Å². The second kappa shape index (κ2) is 6.80. The molecule has 0 aromatic heterocycles. The molecule has 1 spiro atoms. The molecule has 4 amide bonds. The molecule has 24 heavy (non-hydrogen) atoms. The first-order valence-corrected chi connectivity index (χ1v) is 8.64. The molecular weight excluding hydrogens is 378 g/mol. The van der Waals surface area contributed by atoms with Gasteiger partial charge in [-0.25, -0.2) is 4.79 Å². The van der Waals surface area contributed by atoms with E-state index in [4.69, 9.17) is 4.74 Å². The lowest BCUT2D eigenvalue weighted by atomic mass is 9.82. The number of carbonyl (C=O) groups is 3. The predicted octanol–water partition coefficient (Wildman–Crippen LogP) is 2.11. The number of hydrogen-bond acceptors (Lipinski definition) is 4. The first kappa shape index (κ1) is 16.8. The van der Waals surface area contributed by atoms with Crippen LogP contribution in [0.25, 0.3) is 0 Å². The standard InChI is InChI=1S/C16H18BrN3O4/c17-11-5-4-6-12(9-11)24-10-13(21)19-20-14(22)16(18-15(20)23)7-2-1-3-8-16/h4-6,9H,1-3,7-8,10H2,(H,18,23)(H,19,21). The van der Waals surface area contributed by atoms with Crippen molar-refractivity contribution >= 4 is 33.8 Å². The van der Waals surface area contributed by atoms with Gasteiger partial charge in [0.2, 0.25) is 0 Å². The van der Waals surface area contributed by atoms with Crippen molar-refractivity contribution in [3.63, 3.8) is 0 Å². The smallest absolute Gasteiger partial charge is 0.344 e. The van der Waals surface area contributed by atoms with Gasteiger partial charge in [0.15, 0.2) is 6.61 Å². The number of nitrogens with one attached hydrogen (secondary N) is 2. The van der Waals surface area contributed by atoms with Crippen LogP contribution in [0.15, 0.2) is 28.7 Å². The van der Waals surface area contributed by atoms with Crippen LogP contribution in [0.4, 0.5) is 4.79 Å². The van der Waals surface area contributed by atoms with Gasteiger partial charge in [0.05, 0.1) is 0 Å². The van der Waals surface area contributed by atoms with Crippen molar-refractivity contribution in [1.82, 2.24) is 15.8 Å². The molecule has 1 aromatic rings. The summed E-state index contributed by atoms with van der Waals surface area (Å²) in [4.78, 5) is 36.6. The predicted molar refractivity (Wildman–Crippen MR) is 89.0 cm³/mol. The van der Waals surface area contributed by atoms with E-state index in [1.165, 1.54) is 0 Å². The minimum atomic E-state index is -0.853. The van der Waals surface area contributed by atoms with Gasteiger partial charge in [0.1, 0.15) is 11.3 Å². The van der Waals surface area contributed by atoms with Gasteiger partial charge < -0.3 is 10.1 Å². The highest BCUT2D eigenvalue weighted by Gasteiger charge is 2.52. The van der Waals surface area contributed by atoms with Crippen molar-refractivity contribution in [3.8, 4) is 5.75 Å². The third-order valence-corrected chi connectivity index (χ3v) is 4.76. The third kappa shape index (κ3) is 3.38. The maximum absolute atomic E-state index is 12.5. The molecule has 8 heteroatoms. The van der Waals surface area contributed by atoms with E-state index in [9.17, 15) is 14.4 Å². The quantitative estimate of drug-likeness (QED) is 0.764. The van der Waals surface area contributed by atoms with Gasteiger partial charge in [-0.3, -0.25) is 15.0 Å². The van der Waals surface area contributed by atoms with Gasteiger partial charge in [0, 0.05) is 4.47 Å². The number of hydrogen-bond donors (Lipinski definition) is 2. The molecule has 0 unspecified atom stereocenters. The Morgan fingerprint density at radius 2 is 2.04 bits per heavy atom. The Bertz CT molecular complexity index is 673. The molecule has 0 radical (unpaired) electrons. The molecule has 1 aliphatic heterocycles. The fourth-order valence-electron chi connectivity index (χ4n) is 3.08. The molecule has 1 aromatic carbocycles. The fraction of sp³-hybridized carbons (Fsp3) is 0.438. The van der Waals surface area contributed by atoms with Crippen LogP contribution in [0.5, 0.6) is 5.75 Å². The van der Waals surface area contributed by atoms with Gasteiger partial charge in [0.25, 0.3) is 11.8 Å². The Morgan fingerprint density at radius 3 is 2.75 bits per heavy atom. The van der Waals surface area contributed by atoms with Crippen molar-refractivity contribution in [2.75, 3.05) is 6.61 Å². The van der Waals surface area contributed by atoms with Crippen LogP contribution >= 0.6 is 15.9 Å². The van der Waals surface area contributed by atoms with Gasteiger partial charge in [-0.15, -0.1) is 0 Å². The van der Waals surface area contributed by atoms with E-state index in [-0.39, 0.29) is 12.5 Å². The first-order chi connectivity index (χ1) is 11.5. The molecule has 0 atom stereocenters. The molecule has 1 saturated carbocycles. The summed E-state index contributed by atoms with van der Waals surface area (Å²) in [5.74, 6) is -0.435. The largest absolute Gasteiger partial charge is 0.484 e. The molecule has 1 aliphatic carbocycles. The highest BCUT2D eigenvalue weighted by molar-refractivity contribution is 9.10. The Labute approximate surface area is 147 Å². The summed E-state index contributed by atoms with van der Waals surface area (Å²) in [5, 5.41) is 3.51. The molecule has 2 aliphatic rings. The summed E-state index contributed by atoms with van der Waals surface area (Å²) in [5.41, 5.74) is 1.48. The van der Waals surface area contributed by atoms with Crippen molar-refractivity contribution in [2.45, 2.75) is 37.6 Å². The molecule has 0 bridgehead atoms. The highest BCUT2D eigenvalue weighted by Crippen LogP contribution is 2.32. The minimum Gasteiger partial charge on any atom is -0.484 e. The van der Waals surface area contributed by atoms with Crippen molar-refractivity contribution in [2.24, 2.45) is 0 Å². The molecule has 7 nitrogen and oxygen atoms in total. The number of rotatable bonds is 4. The normalized spacial score (nSPS) is 19.3. The summed E-state index contributed by atoms with van der Waals surface area (Å²) < 4.78 is 6.18. The van der Waals surface area contributed by atoms with E-state index in [1.807, 2.05) is 6.07 Å². The zero-order valence-electron chi connectivity index (χ0n) is 13.0. The monoisotopic (exact) mass is 395 g/mol. The second-order valence-corrected chi connectivity index (χ2v) is 6.91. The van der Waals surface area contributed by atoms with Crippen molar-refractivity contribution in [1.29, 1.82) is 0 Å². The Hall–Kier alpha value is -2.09. The number of hydrazine groups is 1. The van der Waals surface area contributed by atoms with Crippen LogP contribution in [0.1, 0.15) is 32.1 Å². The maximum atomic E-state index is 12.5. The second-order valence-electron chi connectivity index (χ2n) is 5.99. The lowest BCUT2D eigenvalue weighted by Crippen LogP contribution is -2.51. The van der Waals surface area contributed by atoms with E-state index in [2.05, 4.69) is 26.7 Å². The van der Waals surface area contributed by atoms with E-state index in [1.54, 1.807) is 18.2 Å². The number of carbonyl (C=O) groups excluding carboxylic acids is 3. The van der Waals surface area contributed by atoms with Gasteiger partial charge in [-0.05, 0) is 31.0 Å². The molecule has 1 saturated heterocycles. The minimum absolute atomic E-state index is 0.291. The van der Waals surface area contributed by atoms with Gasteiger partial charge in [-0.2, -0.15) is 5.01 Å². The van der Waals surface area contributed by atoms with Crippen LogP contribution in [-0.4, -0.2) is 35.0 Å². The number of amides is 4. The average molecular weight is 396 g/mol. The van der Waals surface area contributed by atoms with Crippen LogP contribution < -0.4 is 15.5 Å². The third-order valence-electron chi connectivity index (χ3n) is 4.27. The number of ether oxygens (including phenoxy) is 1. The number of halogens is 1. The topological polar surface area (TPSA) is 87.7 Å². The van der Waals surface area contributed by atoms with Crippen LogP contribution in [-0.2, 0) is 9.59 Å². The maximum Gasteiger partial charge on any atom is 0.344 e. The molecule has 2 N–H and O–H groups in total. The number of nitrogens with zero attached hydrogens (tertiary/aromatic N) is 1. The number of imide groups is 1. The SMILES string of the molecule is O=C(COc1cccc(Br)c1)NN1C(=O)NC2(CCCCC2)C1=O. The zero-order chi connectivity index (χ0) is 17.2. The zero-order valence-corrected chi connectivity index (χ0v) is 14.6. The highest BCUT2D eigenvalue weighted by atomic mass is 79.9. The summed E-state index contributed by atoms with van der Waals surface area (Å²) in [6, 6.07) is 6.46. The molecule has 2 fully saturated rings. The van der Waals surface area contributed by atoms with Crippen LogP contribution in [0, 0.1) is 0 Å². The molecule has 128 valence electrons. The van der Waals surface area contributed by atoms with Crippen LogP contribution in [0.3, 0.4) is 0 Å². The lowest BCUT2D eigenvalue weighted by molar-refractivity contribution is -0.140. The van der Waals surface area contributed by atoms with E-state index in [0.29, 0.717) is 18.6 Å². The van der Waals surface area contributed by atoms with Crippen LogP contribution in [0.2, 0.25) is 0 Å². The Morgan fingerprint density at radius 1 is 1.29 bits per heavy atom. The van der Waals surface area contributed by atoms with E-state index in [0.717, 1.165) is 28.7 Å². The van der Waals surface area contributed by atoms with Gasteiger partial charge in [-0.1, -0.05) is 41.3 Å². The lowest BCUT2D eigenvalue weighted by Gasteiger charge is -2.30. The summed E-state index contributed by atoms with van der Waals surface area (Å²) in [7, 11) is 0.